The van der Waals surface area contributed by atoms with E-state index < -0.39 is 11.7 Å². The van der Waals surface area contributed by atoms with Crippen molar-refractivity contribution in [2.75, 3.05) is 25.5 Å². The second-order valence-electron chi connectivity index (χ2n) is 8.03. The van der Waals surface area contributed by atoms with Gasteiger partial charge in [-0.3, -0.25) is 14.4 Å². The summed E-state index contributed by atoms with van der Waals surface area (Å²) in [6.45, 7) is 1.15. The number of hydrogen-bond acceptors (Lipinski definition) is 7. The summed E-state index contributed by atoms with van der Waals surface area (Å²) in [7, 11) is 1.60. The van der Waals surface area contributed by atoms with Crippen molar-refractivity contribution in [1.29, 1.82) is 0 Å². The molecule has 1 saturated heterocycles. The van der Waals surface area contributed by atoms with Gasteiger partial charge >= 0.3 is 0 Å². The number of halogens is 1. The Hall–Kier alpha value is -3.86. The molecule has 1 aliphatic heterocycles. The van der Waals surface area contributed by atoms with Gasteiger partial charge in [-0.15, -0.1) is 10.2 Å². The number of carbonyl (C=O) groups is 3. The highest BCUT2D eigenvalue weighted by atomic mass is 32.1. The molecule has 11 heteroatoms. The number of amides is 3. The molecule has 4 rings (SSSR count). The smallest absolute Gasteiger partial charge is 0.286 e. The largest absolute Gasteiger partial charge is 0.497 e. The first kappa shape index (κ1) is 24.3. The van der Waals surface area contributed by atoms with E-state index in [2.05, 4.69) is 20.8 Å². The molecule has 0 saturated carbocycles. The number of ether oxygens (including phenoxy) is 1. The van der Waals surface area contributed by atoms with E-state index in [0.29, 0.717) is 31.6 Å². The van der Waals surface area contributed by atoms with Crippen LogP contribution in [0.15, 0.2) is 48.5 Å². The molecule has 2 heterocycles. The number of nitrogens with zero attached hydrogens (tertiary/aromatic N) is 3. The standard InChI is InChI=1S/C24H24FN5O4S/c1-34-19-10-4-15(5-11-19)13-26-20(31)16-3-2-12-30(14-16)24(33)23-29-28-22(35-23)21(32)27-18-8-6-17(25)7-9-18/h4-11,16H,2-3,12-14H2,1H3,(H,26,31)(H,27,32). The van der Waals surface area contributed by atoms with Crippen LogP contribution >= 0.6 is 11.3 Å². The Morgan fingerprint density at radius 2 is 1.80 bits per heavy atom. The molecule has 1 atom stereocenters. The number of carbonyl (C=O) groups excluding carboxylic acids is 3. The van der Waals surface area contributed by atoms with Crippen LogP contribution in [0.5, 0.6) is 5.75 Å². The maximum absolute atomic E-state index is 13.0. The predicted octanol–water partition coefficient (Wildman–Crippen LogP) is 3.11. The predicted molar refractivity (Wildman–Crippen MR) is 128 cm³/mol. The van der Waals surface area contributed by atoms with Crippen LogP contribution in [-0.4, -0.2) is 53.0 Å². The number of nitrogens with one attached hydrogen (secondary N) is 2. The Balaban J connectivity index is 1.32. The van der Waals surface area contributed by atoms with Crippen LogP contribution in [-0.2, 0) is 11.3 Å². The van der Waals surface area contributed by atoms with E-state index in [1.165, 1.54) is 24.3 Å². The maximum atomic E-state index is 13.0. The number of hydrogen-bond donors (Lipinski definition) is 2. The zero-order valence-electron chi connectivity index (χ0n) is 19.0. The molecule has 1 fully saturated rings. The molecule has 0 aliphatic carbocycles. The van der Waals surface area contributed by atoms with E-state index in [0.717, 1.165) is 22.6 Å². The first-order valence-corrected chi connectivity index (χ1v) is 11.8. The summed E-state index contributed by atoms with van der Waals surface area (Å²) in [5.74, 6) is -1.02. The average molecular weight is 498 g/mol. The van der Waals surface area contributed by atoms with Gasteiger partial charge in [0.2, 0.25) is 15.9 Å². The van der Waals surface area contributed by atoms with Gasteiger partial charge in [-0.1, -0.05) is 23.5 Å². The number of methoxy groups -OCH3 is 1. The lowest BCUT2D eigenvalue weighted by atomic mass is 9.97. The molecule has 35 heavy (non-hydrogen) atoms. The van der Waals surface area contributed by atoms with Gasteiger partial charge < -0.3 is 20.3 Å². The molecule has 182 valence electrons. The summed E-state index contributed by atoms with van der Waals surface area (Å²) >= 11 is 0.875. The summed E-state index contributed by atoms with van der Waals surface area (Å²) in [5.41, 5.74) is 1.35. The van der Waals surface area contributed by atoms with Gasteiger partial charge in [-0.05, 0) is 54.8 Å². The van der Waals surface area contributed by atoms with Crippen LogP contribution in [0.25, 0.3) is 0 Å². The van der Waals surface area contributed by atoms with E-state index in [4.69, 9.17) is 4.74 Å². The fourth-order valence-electron chi connectivity index (χ4n) is 3.71. The van der Waals surface area contributed by atoms with E-state index in [1.807, 2.05) is 24.3 Å². The lowest BCUT2D eigenvalue weighted by molar-refractivity contribution is -0.126. The minimum Gasteiger partial charge on any atom is -0.497 e. The molecule has 1 aliphatic rings. The minimum atomic E-state index is -0.539. The van der Waals surface area contributed by atoms with Crippen molar-refractivity contribution in [2.24, 2.45) is 5.92 Å². The van der Waals surface area contributed by atoms with Crippen LogP contribution < -0.4 is 15.4 Å². The number of rotatable bonds is 7. The van der Waals surface area contributed by atoms with Gasteiger partial charge in [0.1, 0.15) is 11.6 Å². The Kier molecular flexibility index (Phi) is 7.66. The van der Waals surface area contributed by atoms with Crippen molar-refractivity contribution < 1.29 is 23.5 Å². The lowest BCUT2D eigenvalue weighted by Crippen LogP contribution is -2.45. The molecule has 2 N–H and O–H groups in total. The molecular weight excluding hydrogens is 473 g/mol. The van der Waals surface area contributed by atoms with Crippen molar-refractivity contribution in [2.45, 2.75) is 19.4 Å². The molecule has 9 nitrogen and oxygen atoms in total. The third-order valence-electron chi connectivity index (χ3n) is 5.61. The van der Waals surface area contributed by atoms with E-state index in [-0.39, 0.29) is 34.3 Å². The number of benzene rings is 2. The average Bonchev–Trinajstić information content (AvgIpc) is 3.39. The highest BCUT2D eigenvalue weighted by Crippen LogP contribution is 2.21. The topological polar surface area (TPSA) is 114 Å². The van der Waals surface area contributed by atoms with Crippen LogP contribution in [0, 0.1) is 11.7 Å². The lowest BCUT2D eigenvalue weighted by Gasteiger charge is -2.31. The third kappa shape index (κ3) is 6.18. The third-order valence-corrected chi connectivity index (χ3v) is 6.52. The highest BCUT2D eigenvalue weighted by molar-refractivity contribution is 7.15. The fraction of sp³-hybridized carbons (Fsp3) is 0.292. The molecule has 1 aromatic heterocycles. The Morgan fingerprint density at radius 1 is 1.09 bits per heavy atom. The van der Waals surface area contributed by atoms with Crippen molar-refractivity contribution in [3.05, 3.63) is 69.9 Å². The second kappa shape index (κ2) is 11.0. The zero-order chi connectivity index (χ0) is 24.8. The summed E-state index contributed by atoms with van der Waals surface area (Å²) in [6, 6.07) is 12.7. The van der Waals surface area contributed by atoms with Crippen LogP contribution in [0.4, 0.5) is 10.1 Å². The van der Waals surface area contributed by atoms with Crippen molar-refractivity contribution >= 4 is 34.7 Å². The Bertz CT molecular complexity index is 1200. The van der Waals surface area contributed by atoms with E-state index in [9.17, 15) is 18.8 Å². The normalized spacial score (nSPS) is 15.4. The van der Waals surface area contributed by atoms with Crippen molar-refractivity contribution in [3.8, 4) is 5.75 Å². The van der Waals surface area contributed by atoms with Gasteiger partial charge in [0.25, 0.3) is 11.8 Å². The Labute approximate surface area is 205 Å². The summed E-state index contributed by atoms with van der Waals surface area (Å²) in [5, 5.41) is 13.3. The first-order chi connectivity index (χ1) is 16.9. The van der Waals surface area contributed by atoms with Crippen LogP contribution in [0.3, 0.4) is 0 Å². The SMILES string of the molecule is COc1ccc(CNC(=O)C2CCCN(C(=O)c3nnc(C(=O)Nc4ccc(F)cc4)s3)C2)cc1. The molecule has 1 unspecified atom stereocenters. The molecule has 0 spiro atoms. The van der Waals surface area contributed by atoms with Gasteiger partial charge in [0.15, 0.2) is 0 Å². The quantitative estimate of drug-likeness (QED) is 0.519. The summed E-state index contributed by atoms with van der Waals surface area (Å²) in [4.78, 5) is 39.6. The molecule has 3 amide bonds. The zero-order valence-corrected chi connectivity index (χ0v) is 19.8. The first-order valence-electron chi connectivity index (χ1n) is 11.0. The van der Waals surface area contributed by atoms with Gasteiger partial charge in [0.05, 0.1) is 13.0 Å². The summed E-state index contributed by atoms with van der Waals surface area (Å²) in [6.07, 6.45) is 1.36. The van der Waals surface area contributed by atoms with Crippen molar-refractivity contribution in [1.82, 2.24) is 20.4 Å². The number of aromatic nitrogens is 2. The minimum absolute atomic E-state index is 0.0171. The second-order valence-corrected chi connectivity index (χ2v) is 9.01. The monoisotopic (exact) mass is 497 g/mol. The van der Waals surface area contributed by atoms with Crippen LogP contribution in [0.1, 0.15) is 38.0 Å². The van der Waals surface area contributed by atoms with E-state index in [1.54, 1.807) is 12.0 Å². The molecule has 0 radical (unpaired) electrons. The van der Waals surface area contributed by atoms with Gasteiger partial charge in [-0.2, -0.15) is 0 Å². The number of anilines is 1. The maximum Gasteiger partial charge on any atom is 0.286 e. The number of likely N-dealkylation sites (tertiary alicyclic amines) is 1. The molecule has 3 aromatic rings. The Morgan fingerprint density at radius 3 is 2.51 bits per heavy atom. The van der Waals surface area contributed by atoms with Gasteiger partial charge in [0, 0.05) is 25.3 Å². The van der Waals surface area contributed by atoms with Crippen LogP contribution in [0.2, 0.25) is 0 Å². The number of piperidine rings is 1. The molecular formula is C24H24FN5O4S. The molecule has 0 bridgehead atoms. The van der Waals surface area contributed by atoms with Gasteiger partial charge in [-0.25, -0.2) is 4.39 Å². The van der Waals surface area contributed by atoms with E-state index >= 15 is 0 Å². The molecule has 2 aromatic carbocycles. The highest BCUT2D eigenvalue weighted by Gasteiger charge is 2.30. The van der Waals surface area contributed by atoms with Crippen molar-refractivity contribution in [3.63, 3.8) is 0 Å². The summed E-state index contributed by atoms with van der Waals surface area (Å²) < 4.78 is 18.2. The fourth-order valence-corrected chi connectivity index (χ4v) is 4.41.